The van der Waals surface area contributed by atoms with Gasteiger partial charge in [0.15, 0.2) is 0 Å². The normalized spacial score (nSPS) is 18.1. The standard InChI is InChI=1S/C24H25N3O2/c1-24(2)16-27(22(24)18-6-4-3-5-7-18)15-17-8-11-20(12-9-17)29-21-13-10-19(14-26-21)23(25)28/h3-14,22H,15-16H2,1-2H3,(H2,25,28)/t22-/m1/s1. The summed E-state index contributed by atoms with van der Waals surface area (Å²) in [6, 6.07) is 22.4. The largest absolute Gasteiger partial charge is 0.439 e. The van der Waals surface area contributed by atoms with Crippen molar-refractivity contribution in [1.82, 2.24) is 9.88 Å². The highest BCUT2D eigenvalue weighted by Crippen LogP contribution is 2.48. The number of aromatic nitrogens is 1. The molecule has 1 aromatic heterocycles. The Morgan fingerprint density at radius 3 is 2.41 bits per heavy atom. The van der Waals surface area contributed by atoms with E-state index in [4.69, 9.17) is 10.5 Å². The number of nitrogens with zero attached hydrogens (tertiary/aromatic N) is 2. The van der Waals surface area contributed by atoms with Crippen LogP contribution < -0.4 is 10.5 Å². The highest BCUT2D eigenvalue weighted by molar-refractivity contribution is 5.92. The van der Waals surface area contributed by atoms with Crippen LogP contribution in [0.1, 0.15) is 41.4 Å². The fraction of sp³-hybridized carbons (Fsp3) is 0.250. The van der Waals surface area contributed by atoms with Gasteiger partial charge in [0.25, 0.3) is 0 Å². The molecule has 5 nitrogen and oxygen atoms in total. The van der Waals surface area contributed by atoms with Crippen molar-refractivity contribution in [2.45, 2.75) is 26.4 Å². The molecule has 0 spiro atoms. The van der Waals surface area contributed by atoms with Gasteiger partial charge in [-0.2, -0.15) is 0 Å². The van der Waals surface area contributed by atoms with Crippen LogP contribution in [-0.2, 0) is 6.54 Å². The van der Waals surface area contributed by atoms with Gasteiger partial charge in [-0.25, -0.2) is 4.98 Å². The number of primary amides is 1. The van der Waals surface area contributed by atoms with E-state index < -0.39 is 5.91 Å². The molecular formula is C24H25N3O2. The lowest BCUT2D eigenvalue weighted by Gasteiger charge is -2.55. The number of amides is 1. The predicted molar refractivity (Wildman–Crippen MR) is 113 cm³/mol. The van der Waals surface area contributed by atoms with Crippen LogP contribution in [0.4, 0.5) is 0 Å². The summed E-state index contributed by atoms with van der Waals surface area (Å²) < 4.78 is 5.76. The van der Waals surface area contributed by atoms with Gasteiger partial charge in [0.05, 0.1) is 5.56 Å². The lowest BCUT2D eigenvalue weighted by molar-refractivity contribution is -0.0588. The van der Waals surface area contributed by atoms with E-state index in [1.807, 2.05) is 12.1 Å². The quantitative estimate of drug-likeness (QED) is 0.673. The summed E-state index contributed by atoms with van der Waals surface area (Å²) in [4.78, 5) is 17.7. The van der Waals surface area contributed by atoms with Gasteiger partial charge in [-0.3, -0.25) is 9.69 Å². The molecule has 29 heavy (non-hydrogen) atoms. The molecule has 1 aliphatic rings. The Morgan fingerprint density at radius 1 is 1.10 bits per heavy atom. The van der Waals surface area contributed by atoms with Crippen molar-refractivity contribution in [3.8, 4) is 11.6 Å². The van der Waals surface area contributed by atoms with Crippen molar-refractivity contribution < 1.29 is 9.53 Å². The fourth-order valence-corrected chi connectivity index (χ4v) is 4.13. The van der Waals surface area contributed by atoms with Gasteiger partial charge < -0.3 is 10.5 Å². The molecule has 0 saturated carbocycles. The molecule has 1 atom stereocenters. The van der Waals surface area contributed by atoms with Crippen LogP contribution in [0.5, 0.6) is 11.6 Å². The minimum atomic E-state index is -0.503. The average molecular weight is 387 g/mol. The lowest BCUT2D eigenvalue weighted by atomic mass is 9.71. The number of ether oxygens (including phenoxy) is 1. The smallest absolute Gasteiger partial charge is 0.250 e. The highest BCUT2D eigenvalue weighted by atomic mass is 16.5. The van der Waals surface area contributed by atoms with Crippen LogP contribution in [-0.4, -0.2) is 22.3 Å². The summed E-state index contributed by atoms with van der Waals surface area (Å²) in [5, 5.41) is 0. The Labute approximate surface area is 171 Å². The second kappa shape index (κ2) is 7.68. The van der Waals surface area contributed by atoms with Crippen LogP contribution in [0.25, 0.3) is 0 Å². The number of carbonyl (C=O) groups excluding carboxylic acids is 1. The third kappa shape index (κ3) is 4.15. The van der Waals surface area contributed by atoms with E-state index in [1.165, 1.54) is 17.3 Å². The van der Waals surface area contributed by atoms with Gasteiger partial charge in [0.2, 0.25) is 11.8 Å². The van der Waals surface area contributed by atoms with Crippen molar-refractivity contribution in [2.75, 3.05) is 6.54 Å². The number of benzene rings is 2. The molecule has 0 aliphatic carbocycles. The lowest BCUT2D eigenvalue weighted by Crippen LogP contribution is -2.54. The van der Waals surface area contributed by atoms with Crippen molar-refractivity contribution in [2.24, 2.45) is 11.1 Å². The zero-order chi connectivity index (χ0) is 20.4. The summed E-state index contributed by atoms with van der Waals surface area (Å²) >= 11 is 0. The summed E-state index contributed by atoms with van der Waals surface area (Å²) in [6.07, 6.45) is 1.42. The van der Waals surface area contributed by atoms with E-state index in [0.29, 0.717) is 23.2 Å². The molecule has 0 radical (unpaired) electrons. The van der Waals surface area contributed by atoms with E-state index in [9.17, 15) is 4.79 Å². The average Bonchev–Trinajstić information content (AvgIpc) is 2.70. The highest BCUT2D eigenvalue weighted by Gasteiger charge is 2.45. The van der Waals surface area contributed by atoms with Gasteiger partial charge in [-0.1, -0.05) is 56.3 Å². The summed E-state index contributed by atoms with van der Waals surface area (Å²) in [6.45, 7) is 6.62. The second-order valence-corrected chi connectivity index (χ2v) is 8.20. The van der Waals surface area contributed by atoms with Crippen molar-refractivity contribution in [1.29, 1.82) is 0 Å². The molecule has 3 aromatic rings. The van der Waals surface area contributed by atoms with Gasteiger partial charge in [0.1, 0.15) is 5.75 Å². The molecular weight excluding hydrogens is 362 g/mol. The van der Waals surface area contributed by atoms with Gasteiger partial charge in [-0.05, 0) is 34.7 Å². The van der Waals surface area contributed by atoms with Crippen molar-refractivity contribution >= 4 is 5.91 Å². The number of carbonyl (C=O) groups is 1. The van der Waals surface area contributed by atoms with Gasteiger partial charge in [0, 0.05) is 31.4 Å². The molecule has 2 heterocycles. The first kappa shape index (κ1) is 19.2. The number of rotatable bonds is 6. The second-order valence-electron chi connectivity index (χ2n) is 8.20. The summed E-state index contributed by atoms with van der Waals surface area (Å²) in [5.74, 6) is 0.629. The molecule has 1 amide bonds. The first-order chi connectivity index (χ1) is 13.9. The molecule has 4 rings (SSSR count). The Bertz CT molecular complexity index is 983. The molecule has 1 fully saturated rings. The Hall–Kier alpha value is -3.18. The molecule has 0 unspecified atom stereocenters. The monoisotopic (exact) mass is 387 g/mol. The minimum absolute atomic E-state index is 0.271. The van der Waals surface area contributed by atoms with E-state index in [0.717, 1.165) is 13.1 Å². The number of nitrogens with two attached hydrogens (primary N) is 1. The van der Waals surface area contributed by atoms with E-state index in [1.54, 1.807) is 12.1 Å². The maximum absolute atomic E-state index is 11.1. The number of pyridine rings is 1. The summed E-state index contributed by atoms with van der Waals surface area (Å²) in [5.41, 5.74) is 8.47. The van der Waals surface area contributed by atoms with Crippen molar-refractivity contribution in [3.63, 3.8) is 0 Å². The maximum Gasteiger partial charge on any atom is 0.250 e. The Morgan fingerprint density at radius 2 is 1.83 bits per heavy atom. The Balaban J connectivity index is 1.41. The third-order valence-corrected chi connectivity index (χ3v) is 5.38. The number of hydrogen-bond donors (Lipinski definition) is 1. The topological polar surface area (TPSA) is 68.5 Å². The van der Waals surface area contributed by atoms with Crippen LogP contribution in [0, 0.1) is 5.41 Å². The first-order valence-corrected chi connectivity index (χ1v) is 9.74. The SMILES string of the molecule is CC1(C)CN(Cc2ccc(Oc3ccc(C(N)=O)cn3)cc2)[C@@H]1c1ccccc1. The Kier molecular flexibility index (Phi) is 5.07. The first-order valence-electron chi connectivity index (χ1n) is 9.74. The molecule has 0 bridgehead atoms. The van der Waals surface area contributed by atoms with E-state index in [-0.39, 0.29) is 5.41 Å². The zero-order valence-corrected chi connectivity index (χ0v) is 16.7. The van der Waals surface area contributed by atoms with E-state index in [2.05, 4.69) is 66.2 Å². The van der Waals surface area contributed by atoms with E-state index >= 15 is 0 Å². The van der Waals surface area contributed by atoms with Gasteiger partial charge in [-0.15, -0.1) is 0 Å². The van der Waals surface area contributed by atoms with Gasteiger partial charge >= 0.3 is 0 Å². The molecule has 1 saturated heterocycles. The molecule has 2 N–H and O–H groups in total. The molecule has 2 aromatic carbocycles. The molecule has 5 heteroatoms. The third-order valence-electron chi connectivity index (χ3n) is 5.38. The van der Waals surface area contributed by atoms with Crippen LogP contribution in [0.15, 0.2) is 72.9 Å². The number of hydrogen-bond acceptors (Lipinski definition) is 4. The number of likely N-dealkylation sites (tertiary alicyclic amines) is 1. The van der Waals surface area contributed by atoms with Crippen LogP contribution >= 0.6 is 0 Å². The molecule has 1 aliphatic heterocycles. The summed E-state index contributed by atoms with van der Waals surface area (Å²) in [7, 11) is 0. The van der Waals surface area contributed by atoms with Crippen LogP contribution in [0.3, 0.4) is 0 Å². The zero-order valence-electron chi connectivity index (χ0n) is 16.7. The minimum Gasteiger partial charge on any atom is -0.439 e. The predicted octanol–water partition coefficient (Wildman–Crippen LogP) is 4.56. The maximum atomic E-state index is 11.1. The van der Waals surface area contributed by atoms with Crippen molar-refractivity contribution in [3.05, 3.63) is 89.6 Å². The molecule has 148 valence electrons. The fourth-order valence-electron chi connectivity index (χ4n) is 4.13. The van der Waals surface area contributed by atoms with Crippen LogP contribution in [0.2, 0.25) is 0 Å².